The molecule has 0 saturated carbocycles. The van der Waals surface area contributed by atoms with Crippen LogP contribution in [0.4, 0.5) is 5.69 Å². The Kier molecular flexibility index (Phi) is 5.43. The highest BCUT2D eigenvalue weighted by atomic mass is 16.2. The molecule has 4 amide bonds. The summed E-state index contributed by atoms with van der Waals surface area (Å²) in [4.78, 5) is 54.6. The van der Waals surface area contributed by atoms with Crippen molar-refractivity contribution in [3.05, 3.63) is 88.5 Å². The molecule has 3 aromatic carbocycles. The summed E-state index contributed by atoms with van der Waals surface area (Å²) in [5.41, 5.74) is 4.43. The summed E-state index contributed by atoms with van der Waals surface area (Å²) in [5, 5.41) is 0. The zero-order valence-corrected chi connectivity index (χ0v) is 21.1. The normalized spacial score (nSPS) is 16.0. The van der Waals surface area contributed by atoms with E-state index in [1.807, 2.05) is 26.0 Å². The molecule has 6 heteroatoms. The lowest BCUT2D eigenvalue weighted by atomic mass is 9.87. The molecule has 0 aromatic heterocycles. The number of amides is 4. The largest absolute Gasteiger partial charge is 0.272 e. The fourth-order valence-corrected chi connectivity index (χ4v) is 4.79. The molecule has 0 radical (unpaired) electrons. The molecule has 5 rings (SSSR count). The Morgan fingerprint density at radius 2 is 1.14 bits per heavy atom. The predicted molar refractivity (Wildman–Crippen MR) is 138 cm³/mol. The van der Waals surface area contributed by atoms with E-state index in [9.17, 15) is 19.2 Å². The van der Waals surface area contributed by atoms with Gasteiger partial charge in [0.1, 0.15) is 0 Å². The second-order valence-electron chi connectivity index (χ2n) is 10.5. The molecule has 1 atom stereocenters. The van der Waals surface area contributed by atoms with Crippen molar-refractivity contribution in [2.75, 3.05) is 4.90 Å². The summed E-state index contributed by atoms with van der Waals surface area (Å²) in [6, 6.07) is 17.5. The molecule has 0 fully saturated rings. The number of rotatable bonds is 4. The fourth-order valence-electron chi connectivity index (χ4n) is 4.79. The standard InChI is InChI=1S/C30H28N2O4/c1-6-17(2)31-26(33)22-13-7-18(15-24(22)28(31)35)19-8-14-23-25(16-19)29(36)32(27(23)34)21-11-9-20(10-12-21)30(3,4)5/h7-17H,6H2,1-5H3. The molecule has 6 nitrogen and oxygen atoms in total. The summed E-state index contributed by atoms with van der Waals surface area (Å²) in [7, 11) is 0. The summed E-state index contributed by atoms with van der Waals surface area (Å²) in [5.74, 6) is -1.32. The van der Waals surface area contributed by atoms with Crippen LogP contribution in [0.15, 0.2) is 60.7 Å². The monoisotopic (exact) mass is 480 g/mol. The highest BCUT2D eigenvalue weighted by Crippen LogP contribution is 2.35. The van der Waals surface area contributed by atoms with Crippen LogP contribution in [0.1, 0.15) is 88.0 Å². The molecule has 3 aromatic rings. The Balaban J connectivity index is 1.48. The van der Waals surface area contributed by atoms with Crippen LogP contribution >= 0.6 is 0 Å². The van der Waals surface area contributed by atoms with Gasteiger partial charge >= 0.3 is 0 Å². The van der Waals surface area contributed by atoms with E-state index < -0.39 is 0 Å². The lowest BCUT2D eigenvalue weighted by Gasteiger charge is -2.20. The van der Waals surface area contributed by atoms with E-state index >= 15 is 0 Å². The average Bonchev–Trinajstić information content (AvgIpc) is 3.26. The summed E-state index contributed by atoms with van der Waals surface area (Å²) >= 11 is 0. The minimum Gasteiger partial charge on any atom is -0.272 e. The van der Waals surface area contributed by atoms with Gasteiger partial charge in [0.25, 0.3) is 23.6 Å². The van der Waals surface area contributed by atoms with E-state index in [1.165, 1.54) is 9.80 Å². The van der Waals surface area contributed by atoms with Crippen molar-refractivity contribution >= 4 is 29.3 Å². The molecule has 2 heterocycles. The van der Waals surface area contributed by atoms with Gasteiger partial charge in [-0.15, -0.1) is 0 Å². The second-order valence-corrected chi connectivity index (χ2v) is 10.5. The molecule has 0 saturated heterocycles. The van der Waals surface area contributed by atoms with Gasteiger partial charge in [0.05, 0.1) is 27.9 Å². The van der Waals surface area contributed by atoms with Crippen LogP contribution < -0.4 is 4.90 Å². The maximum Gasteiger partial charge on any atom is 0.266 e. The van der Waals surface area contributed by atoms with Crippen molar-refractivity contribution in [1.82, 2.24) is 4.90 Å². The number of hydrogen-bond donors (Lipinski definition) is 0. The highest BCUT2D eigenvalue weighted by molar-refractivity contribution is 6.34. The zero-order chi connectivity index (χ0) is 25.9. The number of carbonyl (C=O) groups is 4. The number of hydrogen-bond acceptors (Lipinski definition) is 4. The molecule has 0 aliphatic carbocycles. The van der Waals surface area contributed by atoms with Gasteiger partial charge in [-0.25, -0.2) is 4.90 Å². The number of benzene rings is 3. The minimum atomic E-state index is -0.379. The van der Waals surface area contributed by atoms with E-state index in [4.69, 9.17) is 0 Å². The van der Waals surface area contributed by atoms with Crippen LogP contribution in [0.3, 0.4) is 0 Å². The molecule has 182 valence electrons. The predicted octanol–water partition coefficient (Wildman–Crippen LogP) is 5.85. The Hall–Kier alpha value is -4.06. The number of imide groups is 2. The highest BCUT2D eigenvalue weighted by Gasteiger charge is 2.39. The lowest BCUT2D eigenvalue weighted by Crippen LogP contribution is -2.37. The summed E-state index contributed by atoms with van der Waals surface area (Å²) < 4.78 is 0. The number of fused-ring (bicyclic) bond motifs is 2. The molecule has 36 heavy (non-hydrogen) atoms. The van der Waals surface area contributed by atoms with Crippen molar-refractivity contribution in [1.29, 1.82) is 0 Å². The van der Waals surface area contributed by atoms with Crippen molar-refractivity contribution in [2.45, 2.75) is 52.5 Å². The van der Waals surface area contributed by atoms with Gasteiger partial charge in [-0.3, -0.25) is 24.1 Å². The molecule has 0 bridgehead atoms. The first-order valence-corrected chi connectivity index (χ1v) is 12.2. The van der Waals surface area contributed by atoms with E-state index in [1.54, 1.807) is 48.5 Å². The van der Waals surface area contributed by atoms with Gasteiger partial charge in [-0.1, -0.05) is 52.0 Å². The second kappa shape index (κ2) is 8.26. The molecule has 2 aliphatic heterocycles. The Morgan fingerprint density at radius 1 is 0.667 bits per heavy atom. The Morgan fingerprint density at radius 3 is 1.67 bits per heavy atom. The SMILES string of the molecule is CCC(C)N1C(=O)c2ccc(-c3ccc4c(c3)C(=O)N(c3ccc(C(C)(C)C)cc3)C4=O)cc2C1=O. The van der Waals surface area contributed by atoms with Gasteiger partial charge in [-0.2, -0.15) is 0 Å². The third-order valence-electron chi connectivity index (χ3n) is 7.16. The van der Waals surface area contributed by atoms with Crippen molar-refractivity contribution in [3.8, 4) is 11.1 Å². The van der Waals surface area contributed by atoms with E-state index in [2.05, 4.69) is 20.8 Å². The topological polar surface area (TPSA) is 74.8 Å². The summed E-state index contributed by atoms with van der Waals surface area (Å²) in [6.07, 6.45) is 0.675. The van der Waals surface area contributed by atoms with Crippen LogP contribution in [0.2, 0.25) is 0 Å². The number of anilines is 1. The maximum absolute atomic E-state index is 13.3. The zero-order valence-electron chi connectivity index (χ0n) is 21.1. The van der Waals surface area contributed by atoms with Crippen LogP contribution in [0.25, 0.3) is 11.1 Å². The number of carbonyl (C=O) groups excluding carboxylic acids is 4. The van der Waals surface area contributed by atoms with Crippen LogP contribution in [-0.2, 0) is 5.41 Å². The molecule has 0 spiro atoms. The minimum absolute atomic E-state index is 0.0388. The average molecular weight is 481 g/mol. The molecule has 1 unspecified atom stereocenters. The lowest BCUT2D eigenvalue weighted by molar-refractivity contribution is 0.0593. The van der Waals surface area contributed by atoms with Gasteiger partial charge in [0.15, 0.2) is 0 Å². The van der Waals surface area contributed by atoms with Gasteiger partial charge in [0.2, 0.25) is 0 Å². The third kappa shape index (κ3) is 3.56. The fraction of sp³-hybridized carbons (Fsp3) is 0.267. The van der Waals surface area contributed by atoms with Gasteiger partial charge in [-0.05, 0) is 71.8 Å². The summed E-state index contributed by atoms with van der Waals surface area (Å²) in [6.45, 7) is 10.1. The van der Waals surface area contributed by atoms with Crippen molar-refractivity contribution < 1.29 is 19.2 Å². The van der Waals surface area contributed by atoms with E-state index in [-0.39, 0.29) is 35.1 Å². The molecular formula is C30H28N2O4. The van der Waals surface area contributed by atoms with E-state index in [0.717, 1.165) is 5.56 Å². The van der Waals surface area contributed by atoms with Crippen LogP contribution in [0.5, 0.6) is 0 Å². The quantitative estimate of drug-likeness (QED) is 0.439. The third-order valence-corrected chi connectivity index (χ3v) is 7.16. The molecule has 0 N–H and O–H groups in total. The van der Waals surface area contributed by atoms with Crippen molar-refractivity contribution in [2.24, 2.45) is 0 Å². The molecule has 2 aliphatic rings. The number of nitrogens with zero attached hydrogens (tertiary/aromatic N) is 2. The first-order chi connectivity index (χ1) is 17.0. The smallest absolute Gasteiger partial charge is 0.266 e. The first kappa shape index (κ1) is 23.7. The first-order valence-electron chi connectivity index (χ1n) is 12.2. The van der Waals surface area contributed by atoms with E-state index in [0.29, 0.717) is 45.5 Å². The van der Waals surface area contributed by atoms with Gasteiger partial charge in [0, 0.05) is 6.04 Å². The van der Waals surface area contributed by atoms with Crippen LogP contribution in [-0.4, -0.2) is 34.6 Å². The van der Waals surface area contributed by atoms with Crippen molar-refractivity contribution in [3.63, 3.8) is 0 Å². The Labute approximate surface area is 210 Å². The van der Waals surface area contributed by atoms with Crippen LogP contribution in [0, 0.1) is 0 Å². The van der Waals surface area contributed by atoms with Gasteiger partial charge < -0.3 is 0 Å². The Bertz CT molecular complexity index is 1450. The maximum atomic E-state index is 13.3. The molecular weight excluding hydrogens is 452 g/mol.